The lowest BCUT2D eigenvalue weighted by Crippen LogP contribution is -2.56. The third-order valence-electron chi connectivity index (χ3n) is 6.99. The van der Waals surface area contributed by atoms with Gasteiger partial charge in [0, 0.05) is 13.0 Å². The molecule has 0 bridgehead atoms. The molecule has 0 spiro atoms. The molecular weight excluding hydrogens is 530 g/mol. The van der Waals surface area contributed by atoms with E-state index in [2.05, 4.69) is 10.2 Å². The van der Waals surface area contributed by atoms with Gasteiger partial charge in [0.25, 0.3) is 5.09 Å². The Morgan fingerprint density at radius 2 is 1.68 bits per heavy atom. The van der Waals surface area contributed by atoms with Gasteiger partial charge in [-0.2, -0.15) is 0 Å². The Kier molecular flexibility index (Phi) is 12.6. The minimum absolute atomic E-state index is 0.00827. The molecule has 11 nitrogen and oxygen atoms in total. The first-order valence-electron chi connectivity index (χ1n) is 14.1. The van der Waals surface area contributed by atoms with E-state index >= 15 is 0 Å². The fourth-order valence-corrected chi connectivity index (χ4v) is 4.84. The van der Waals surface area contributed by atoms with E-state index in [0.717, 1.165) is 16.7 Å². The van der Waals surface area contributed by atoms with Gasteiger partial charge in [-0.25, -0.2) is 4.79 Å². The molecule has 1 amide bonds. The number of amides is 1. The molecule has 0 saturated carbocycles. The number of ether oxygens (including phenoxy) is 2. The monoisotopic (exact) mass is 569 g/mol. The van der Waals surface area contributed by atoms with Crippen molar-refractivity contribution in [3.8, 4) is 0 Å². The highest BCUT2D eigenvalue weighted by Crippen LogP contribution is 2.25. The largest absolute Gasteiger partial charge is 0.465 e. The van der Waals surface area contributed by atoms with Crippen LogP contribution >= 0.6 is 0 Å². The number of hydrogen-bond acceptors (Lipinski definition) is 9. The highest BCUT2D eigenvalue weighted by Gasteiger charge is 2.38. The molecule has 1 heterocycles. The van der Waals surface area contributed by atoms with Crippen LogP contribution in [0.3, 0.4) is 0 Å². The van der Waals surface area contributed by atoms with Crippen LogP contribution in [0.4, 0.5) is 0 Å². The second kappa shape index (κ2) is 16.3. The fraction of sp³-hybridized carbons (Fsp3) is 0.500. The van der Waals surface area contributed by atoms with E-state index in [1.165, 1.54) is 4.90 Å². The number of esters is 2. The third kappa shape index (κ3) is 9.86. The first-order valence-corrected chi connectivity index (χ1v) is 14.1. The van der Waals surface area contributed by atoms with Crippen LogP contribution in [0.25, 0.3) is 0 Å². The highest BCUT2D eigenvalue weighted by atomic mass is 16.9. The quantitative estimate of drug-likeness (QED) is 0.140. The number of unbranched alkanes of at least 4 members (excludes halogenated alkanes) is 2. The van der Waals surface area contributed by atoms with Gasteiger partial charge in [-0.05, 0) is 62.6 Å². The lowest BCUT2D eigenvalue weighted by atomic mass is 9.93. The average Bonchev–Trinajstić information content (AvgIpc) is 2.97. The van der Waals surface area contributed by atoms with Crippen molar-refractivity contribution < 1.29 is 33.8 Å². The number of carbonyl (C=O) groups excluding carboxylic acids is 3. The van der Waals surface area contributed by atoms with E-state index in [1.807, 2.05) is 54.6 Å². The number of benzene rings is 2. The van der Waals surface area contributed by atoms with Crippen LogP contribution in [0, 0.1) is 10.1 Å². The van der Waals surface area contributed by atoms with Crippen LogP contribution in [0.5, 0.6) is 0 Å². The van der Waals surface area contributed by atoms with Crippen LogP contribution in [0.2, 0.25) is 0 Å². The van der Waals surface area contributed by atoms with Crippen molar-refractivity contribution in [3.63, 3.8) is 0 Å². The molecule has 1 aliphatic heterocycles. The summed E-state index contributed by atoms with van der Waals surface area (Å²) in [6.07, 6.45) is 2.97. The normalized spacial score (nSPS) is 15.8. The lowest BCUT2D eigenvalue weighted by Gasteiger charge is -2.37. The number of carbonyl (C=O) groups is 3. The van der Waals surface area contributed by atoms with Crippen LogP contribution < -0.4 is 5.32 Å². The van der Waals surface area contributed by atoms with Gasteiger partial charge in [0.1, 0.15) is 12.1 Å². The molecule has 3 unspecified atom stereocenters. The predicted molar refractivity (Wildman–Crippen MR) is 150 cm³/mol. The summed E-state index contributed by atoms with van der Waals surface area (Å²) in [7, 11) is 0. The minimum Gasteiger partial charge on any atom is -0.465 e. The smallest absolute Gasteiger partial charge is 0.329 e. The van der Waals surface area contributed by atoms with Gasteiger partial charge in [0.15, 0.2) is 0 Å². The molecule has 0 fully saturated rings. The van der Waals surface area contributed by atoms with Crippen molar-refractivity contribution in [3.05, 3.63) is 81.4 Å². The first-order chi connectivity index (χ1) is 19.8. The molecule has 1 N–H and O–H groups in total. The Bertz CT molecular complexity index is 1160. The Morgan fingerprint density at radius 1 is 1.00 bits per heavy atom. The predicted octanol–water partition coefficient (Wildman–Crippen LogP) is 3.40. The van der Waals surface area contributed by atoms with E-state index in [-0.39, 0.29) is 32.3 Å². The number of hydrogen-bond donors (Lipinski definition) is 1. The second-order valence-electron chi connectivity index (χ2n) is 9.96. The topological polar surface area (TPSA) is 137 Å². The van der Waals surface area contributed by atoms with Crippen molar-refractivity contribution in [1.29, 1.82) is 0 Å². The van der Waals surface area contributed by atoms with Crippen molar-refractivity contribution >= 4 is 17.8 Å². The second-order valence-corrected chi connectivity index (χ2v) is 9.96. The van der Waals surface area contributed by atoms with Gasteiger partial charge in [-0.3, -0.25) is 14.9 Å². The molecule has 2 aromatic carbocycles. The minimum atomic E-state index is -0.833. The molecule has 222 valence electrons. The van der Waals surface area contributed by atoms with Gasteiger partial charge in [0.2, 0.25) is 5.91 Å². The molecule has 0 aliphatic carbocycles. The number of fused-ring (bicyclic) bond motifs is 1. The maximum atomic E-state index is 13.8. The van der Waals surface area contributed by atoms with Gasteiger partial charge in [-0.15, -0.1) is 10.1 Å². The Morgan fingerprint density at radius 3 is 2.39 bits per heavy atom. The number of aryl methyl sites for hydroxylation is 1. The van der Waals surface area contributed by atoms with E-state index in [9.17, 15) is 24.5 Å². The van der Waals surface area contributed by atoms with Gasteiger partial charge in [-0.1, -0.05) is 54.6 Å². The summed E-state index contributed by atoms with van der Waals surface area (Å²) in [6.45, 7) is 4.02. The van der Waals surface area contributed by atoms with Gasteiger partial charge >= 0.3 is 11.9 Å². The van der Waals surface area contributed by atoms with Crippen LogP contribution in [0.15, 0.2) is 54.6 Å². The summed E-state index contributed by atoms with van der Waals surface area (Å²) in [4.78, 5) is 55.7. The van der Waals surface area contributed by atoms with Crippen LogP contribution in [-0.2, 0) is 48.1 Å². The number of nitrogens with one attached hydrogen (secondary N) is 1. The van der Waals surface area contributed by atoms with E-state index in [0.29, 0.717) is 38.5 Å². The molecular formula is C30H39N3O8. The Hall–Kier alpha value is -3.99. The molecule has 0 aromatic heterocycles. The van der Waals surface area contributed by atoms with Gasteiger partial charge in [0.05, 0.1) is 25.9 Å². The molecule has 0 saturated heterocycles. The van der Waals surface area contributed by atoms with Crippen LogP contribution in [0.1, 0.15) is 56.2 Å². The Balaban J connectivity index is 1.65. The van der Waals surface area contributed by atoms with Crippen LogP contribution in [-0.4, -0.2) is 65.8 Å². The summed E-state index contributed by atoms with van der Waals surface area (Å²) in [5, 5.41) is 12.6. The average molecular weight is 570 g/mol. The summed E-state index contributed by atoms with van der Waals surface area (Å²) in [6, 6.07) is 15.2. The fourth-order valence-electron chi connectivity index (χ4n) is 4.84. The standard InChI is InChI=1S/C30H39N3O8/c1-3-39-29(35)26(17-16-23-12-6-4-7-13-23)31-22(2)28(34)32-21-25-15-9-8-14-24(25)20-27(32)30(36)40-18-10-5-11-19-41-33(37)38/h4,6-9,12-15,22,26-27,31H,3,5,10-11,16-21H2,1-2H3. The lowest BCUT2D eigenvalue weighted by molar-refractivity contribution is -0.757. The van der Waals surface area contributed by atoms with Crippen molar-refractivity contribution in [2.75, 3.05) is 19.8 Å². The maximum Gasteiger partial charge on any atom is 0.329 e. The van der Waals surface area contributed by atoms with Crippen molar-refractivity contribution in [1.82, 2.24) is 10.2 Å². The SMILES string of the molecule is CCOC(=O)C(CCc1ccccc1)NC(C)C(=O)N1Cc2ccccc2CC1C(=O)OCCCCCO[N+](=O)[O-]. The summed E-state index contributed by atoms with van der Waals surface area (Å²) in [5.41, 5.74) is 3.00. The van der Waals surface area contributed by atoms with Gasteiger partial charge < -0.3 is 19.2 Å². The molecule has 0 radical (unpaired) electrons. The zero-order chi connectivity index (χ0) is 29.6. The van der Waals surface area contributed by atoms with Crippen molar-refractivity contribution in [2.45, 2.75) is 77.0 Å². The summed E-state index contributed by atoms with van der Waals surface area (Å²) >= 11 is 0. The molecule has 1 aliphatic rings. The molecule has 41 heavy (non-hydrogen) atoms. The molecule has 11 heteroatoms. The van der Waals surface area contributed by atoms with E-state index in [1.54, 1.807) is 13.8 Å². The molecule has 3 rings (SSSR count). The summed E-state index contributed by atoms with van der Waals surface area (Å²) < 4.78 is 10.8. The molecule has 2 aromatic rings. The highest BCUT2D eigenvalue weighted by molar-refractivity contribution is 5.89. The number of rotatable bonds is 16. The van der Waals surface area contributed by atoms with Crippen molar-refractivity contribution in [2.24, 2.45) is 0 Å². The maximum absolute atomic E-state index is 13.8. The van der Waals surface area contributed by atoms with E-state index < -0.39 is 35.2 Å². The number of nitrogens with zero attached hydrogens (tertiary/aromatic N) is 2. The first kappa shape index (κ1) is 31.5. The zero-order valence-electron chi connectivity index (χ0n) is 23.7. The zero-order valence-corrected chi connectivity index (χ0v) is 23.7. The third-order valence-corrected chi connectivity index (χ3v) is 6.99. The molecule has 3 atom stereocenters. The summed E-state index contributed by atoms with van der Waals surface area (Å²) in [5.74, 6) is -1.24. The van der Waals surface area contributed by atoms with E-state index in [4.69, 9.17) is 9.47 Å². The Labute approximate surface area is 240 Å².